The molecule has 1 aromatic carbocycles. The molecular weight excluding hydrogens is 459 g/mol. The van der Waals surface area contributed by atoms with Crippen LogP contribution in [0, 0.1) is 5.95 Å². The lowest BCUT2D eigenvalue weighted by Crippen LogP contribution is -2.51. The van der Waals surface area contributed by atoms with E-state index in [0.29, 0.717) is 49.5 Å². The minimum Gasteiger partial charge on any atom is -0.496 e. The predicted octanol–water partition coefficient (Wildman–Crippen LogP) is 2.53. The van der Waals surface area contributed by atoms with Gasteiger partial charge in [0.05, 0.1) is 30.1 Å². The zero-order valence-electron chi connectivity index (χ0n) is 18.9. The molecule has 1 unspecified atom stereocenters. The van der Waals surface area contributed by atoms with Crippen LogP contribution in [-0.2, 0) is 10.0 Å². The Hall–Kier alpha value is -3.15. The Morgan fingerprint density at radius 2 is 1.97 bits per heavy atom. The van der Waals surface area contributed by atoms with Gasteiger partial charge in [0.25, 0.3) is 0 Å². The number of nitrogens with one attached hydrogen (secondary N) is 1. The quantitative estimate of drug-likeness (QED) is 0.558. The third-order valence-corrected chi connectivity index (χ3v) is 7.65. The van der Waals surface area contributed by atoms with Crippen molar-refractivity contribution in [2.45, 2.75) is 12.6 Å². The van der Waals surface area contributed by atoms with Crippen LogP contribution in [0.5, 0.6) is 5.75 Å². The molecular formula is C23H25FN6O3S. The molecule has 1 N–H and O–H groups in total. The van der Waals surface area contributed by atoms with Crippen molar-refractivity contribution in [1.82, 2.24) is 24.4 Å². The van der Waals surface area contributed by atoms with Crippen LogP contribution in [0.2, 0.25) is 0 Å². The van der Waals surface area contributed by atoms with Crippen LogP contribution in [0.3, 0.4) is 0 Å². The number of methoxy groups -OCH3 is 1. The standard InChI is InChI=1S/C23H25FN6O3S/c1-33-19-6-8-26-23(24)21(19)15-3-4-18-17(13-15)22(28-27-18)16-5-7-25-20(14-16)29-9-11-30(12-10-29)34(2,31)32/h3-8,13,20H,9-12,14H2,1-2H3,(H,27,28). The van der Waals surface area contributed by atoms with E-state index in [1.54, 1.807) is 12.3 Å². The number of pyridine rings is 1. The first-order valence-corrected chi connectivity index (χ1v) is 12.8. The number of nitrogens with zero attached hydrogens (tertiary/aromatic N) is 5. The summed E-state index contributed by atoms with van der Waals surface area (Å²) in [5, 5.41) is 8.47. The Morgan fingerprint density at radius 3 is 2.71 bits per heavy atom. The van der Waals surface area contributed by atoms with E-state index in [9.17, 15) is 12.8 Å². The maximum Gasteiger partial charge on any atom is 0.224 e. The summed E-state index contributed by atoms with van der Waals surface area (Å²) in [5.41, 5.74) is 3.58. The molecule has 178 valence electrons. The fraction of sp³-hybridized carbons (Fsp3) is 0.348. The molecule has 2 aliphatic heterocycles. The number of hydrogen-bond donors (Lipinski definition) is 1. The molecule has 1 fully saturated rings. The minimum absolute atomic E-state index is 0.0903. The molecule has 2 aromatic heterocycles. The number of fused-ring (bicyclic) bond motifs is 1. The van der Waals surface area contributed by atoms with Crippen molar-refractivity contribution in [3.63, 3.8) is 0 Å². The van der Waals surface area contributed by atoms with Crippen molar-refractivity contribution in [3.8, 4) is 16.9 Å². The van der Waals surface area contributed by atoms with Gasteiger partial charge in [-0.25, -0.2) is 13.4 Å². The smallest absolute Gasteiger partial charge is 0.224 e. The highest BCUT2D eigenvalue weighted by Gasteiger charge is 2.29. The molecule has 1 saturated heterocycles. The number of aromatic amines is 1. The van der Waals surface area contributed by atoms with Crippen LogP contribution in [-0.4, -0.2) is 84.7 Å². The molecule has 0 radical (unpaired) electrons. The predicted molar refractivity (Wildman–Crippen MR) is 129 cm³/mol. The van der Waals surface area contributed by atoms with Crippen molar-refractivity contribution in [2.75, 3.05) is 39.5 Å². The highest BCUT2D eigenvalue weighted by Crippen LogP contribution is 2.36. The number of sulfonamides is 1. The largest absolute Gasteiger partial charge is 0.496 e. The molecule has 0 spiro atoms. The molecule has 0 saturated carbocycles. The Morgan fingerprint density at radius 1 is 1.18 bits per heavy atom. The molecule has 0 bridgehead atoms. The maximum atomic E-state index is 14.6. The Kier molecular flexibility index (Phi) is 5.92. The summed E-state index contributed by atoms with van der Waals surface area (Å²) >= 11 is 0. The van der Waals surface area contributed by atoms with Crippen molar-refractivity contribution < 1.29 is 17.5 Å². The number of allylic oxidation sites excluding steroid dienone is 1. The van der Waals surface area contributed by atoms with Gasteiger partial charge in [-0.1, -0.05) is 6.07 Å². The zero-order valence-corrected chi connectivity index (χ0v) is 19.7. The van der Waals surface area contributed by atoms with Gasteiger partial charge in [-0.2, -0.15) is 13.8 Å². The van der Waals surface area contributed by atoms with Gasteiger partial charge < -0.3 is 4.74 Å². The highest BCUT2D eigenvalue weighted by molar-refractivity contribution is 7.88. The molecule has 2 aliphatic rings. The number of rotatable bonds is 5. The monoisotopic (exact) mass is 484 g/mol. The second kappa shape index (κ2) is 8.90. The van der Waals surface area contributed by atoms with Gasteiger partial charge in [-0.15, -0.1) is 0 Å². The van der Waals surface area contributed by atoms with Gasteiger partial charge in [0, 0.05) is 50.4 Å². The topological polar surface area (TPSA) is 104 Å². The molecule has 0 aliphatic carbocycles. The second-order valence-electron chi connectivity index (χ2n) is 8.38. The van der Waals surface area contributed by atoms with Crippen LogP contribution >= 0.6 is 0 Å². The van der Waals surface area contributed by atoms with Gasteiger partial charge in [0.15, 0.2) is 0 Å². The SMILES string of the molecule is COc1ccnc(F)c1-c1ccc2[nH]nc(C3=CC=NC(N4CCN(S(C)(=O)=O)CC4)C3)c2c1. The first kappa shape index (κ1) is 22.6. The van der Waals surface area contributed by atoms with Crippen LogP contribution in [0.4, 0.5) is 4.39 Å². The fourth-order valence-electron chi connectivity index (χ4n) is 4.55. The molecule has 0 amide bonds. The lowest BCUT2D eigenvalue weighted by atomic mass is 9.98. The lowest BCUT2D eigenvalue weighted by Gasteiger charge is -2.37. The molecule has 5 rings (SSSR count). The molecule has 11 heteroatoms. The number of H-pyrrole nitrogens is 1. The Labute approximate surface area is 197 Å². The summed E-state index contributed by atoms with van der Waals surface area (Å²) in [6.45, 7) is 2.15. The van der Waals surface area contributed by atoms with Gasteiger partial charge in [0.2, 0.25) is 16.0 Å². The van der Waals surface area contributed by atoms with E-state index >= 15 is 0 Å². The number of piperazine rings is 1. The number of ether oxygens (including phenoxy) is 1. The van der Waals surface area contributed by atoms with E-state index in [1.165, 1.54) is 23.9 Å². The molecule has 9 nitrogen and oxygen atoms in total. The van der Waals surface area contributed by atoms with Crippen molar-refractivity contribution >= 4 is 32.7 Å². The summed E-state index contributed by atoms with van der Waals surface area (Å²) in [5.74, 6) is -0.185. The zero-order chi connectivity index (χ0) is 23.9. The summed E-state index contributed by atoms with van der Waals surface area (Å²) in [6.07, 6.45) is 6.89. The van der Waals surface area contributed by atoms with E-state index in [0.717, 1.165) is 22.2 Å². The van der Waals surface area contributed by atoms with Gasteiger partial charge in [0.1, 0.15) is 11.9 Å². The van der Waals surface area contributed by atoms with E-state index in [1.807, 2.05) is 24.3 Å². The van der Waals surface area contributed by atoms with Crippen LogP contribution in [0.15, 0.2) is 41.5 Å². The minimum atomic E-state index is -3.18. The summed E-state index contributed by atoms with van der Waals surface area (Å²) in [4.78, 5) is 10.6. The number of halogens is 1. The van der Waals surface area contributed by atoms with Gasteiger partial charge >= 0.3 is 0 Å². The number of aromatic nitrogens is 3. The van der Waals surface area contributed by atoms with Crippen LogP contribution in [0.1, 0.15) is 12.1 Å². The third-order valence-electron chi connectivity index (χ3n) is 6.34. The molecule has 4 heterocycles. The number of hydrogen-bond acceptors (Lipinski definition) is 7. The second-order valence-corrected chi connectivity index (χ2v) is 10.4. The molecule has 3 aromatic rings. The summed E-state index contributed by atoms with van der Waals surface area (Å²) < 4.78 is 45.1. The van der Waals surface area contributed by atoms with E-state index in [-0.39, 0.29) is 6.17 Å². The lowest BCUT2D eigenvalue weighted by molar-refractivity contribution is 0.142. The highest BCUT2D eigenvalue weighted by atomic mass is 32.2. The maximum absolute atomic E-state index is 14.6. The normalized spacial score (nSPS) is 20.0. The fourth-order valence-corrected chi connectivity index (χ4v) is 5.37. The van der Waals surface area contributed by atoms with Gasteiger partial charge in [-0.3, -0.25) is 15.0 Å². The van der Waals surface area contributed by atoms with E-state index < -0.39 is 16.0 Å². The third kappa shape index (κ3) is 4.22. The van der Waals surface area contributed by atoms with Crippen LogP contribution < -0.4 is 4.74 Å². The molecule has 1 atom stereocenters. The van der Waals surface area contributed by atoms with Crippen LogP contribution in [0.25, 0.3) is 27.6 Å². The van der Waals surface area contributed by atoms with E-state index in [4.69, 9.17) is 4.74 Å². The Balaban J connectivity index is 1.42. The van der Waals surface area contributed by atoms with Gasteiger partial charge in [-0.05, 0) is 35.4 Å². The number of dihydropyridines is 1. The first-order valence-electron chi connectivity index (χ1n) is 10.9. The molecule has 34 heavy (non-hydrogen) atoms. The van der Waals surface area contributed by atoms with Crippen molar-refractivity contribution in [3.05, 3.63) is 48.2 Å². The van der Waals surface area contributed by atoms with Crippen molar-refractivity contribution in [2.24, 2.45) is 4.99 Å². The van der Waals surface area contributed by atoms with E-state index in [2.05, 4.69) is 25.1 Å². The number of aliphatic imine (C=N–C) groups is 1. The summed E-state index contributed by atoms with van der Waals surface area (Å²) in [7, 11) is -1.68. The summed E-state index contributed by atoms with van der Waals surface area (Å²) in [6, 6.07) is 7.20. The average Bonchev–Trinajstić information content (AvgIpc) is 3.27. The average molecular weight is 485 g/mol. The Bertz CT molecular complexity index is 1390. The number of benzene rings is 1. The first-order chi connectivity index (χ1) is 16.3. The van der Waals surface area contributed by atoms with Crippen molar-refractivity contribution in [1.29, 1.82) is 0 Å².